The summed E-state index contributed by atoms with van der Waals surface area (Å²) in [7, 11) is 0. The van der Waals surface area contributed by atoms with Crippen LogP contribution in [0.4, 0.5) is 4.39 Å². The third kappa shape index (κ3) is 4.06. The molecule has 1 aromatic rings. The molecule has 0 radical (unpaired) electrons. The Balaban J connectivity index is 1.46. The van der Waals surface area contributed by atoms with Gasteiger partial charge in [-0.05, 0) is 37.8 Å². The molecule has 2 aliphatic carbocycles. The van der Waals surface area contributed by atoms with Gasteiger partial charge in [-0.2, -0.15) is 0 Å². The van der Waals surface area contributed by atoms with Crippen LogP contribution in [0.15, 0.2) is 36.4 Å². The van der Waals surface area contributed by atoms with Crippen LogP contribution in [0.5, 0.6) is 0 Å². The first-order chi connectivity index (χ1) is 13.9. The van der Waals surface area contributed by atoms with Crippen LogP contribution in [0.25, 0.3) is 0 Å². The van der Waals surface area contributed by atoms with Crippen molar-refractivity contribution in [3.8, 4) is 0 Å². The Morgan fingerprint density at radius 1 is 1.07 bits per heavy atom. The Kier molecular flexibility index (Phi) is 5.17. The number of likely N-dealkylation sites (tertiary alicyclic amines) is 1. The Morgan fingerprint density at radius 3 is 2.21 bits per heavy atom. The van der Waals surface area contributed by atoms with Gasteiger partial charge in [0.1, 0.15) is 12.4 Å². The standard InChI is InChI=1S/C21H21FN2O5/c22-13-7-5-12(6-8-13)18(19(26)23-14-9-10-14)29-17(25)11-24-20(27)15-3-1-2-4-16(15)21(24)28/h1-2,5-8,14-16,18H,3-4,9-11H2,(H,23,26). The molecule has 1 saturated heterocycles. The van der Waals surface area contributed by atoms with Crippen LogP contribution in [0, 0.1) is 17.7 Å². The van der Waals surface area contributed by atoms with Gasteiger partial charge in [0.15, 0.2) is 0 Å². The molecule has 1 saturated carbocycles. The van der Waals surface area contributed by atoms with Crippen molar-refractivity contribution >= 4 is 23.7 Å². The molecular formula is C21H21FN2O5. The minimum absolute atomic E-state index is 0.0431. The van der Waals surface area contributed by atoms with Gasteiger partial charge in [0.05, 0.1) is 11.8 Å². The van der Waals surface area contributed by atoms with Gasteiger partial charge in [0.2, 0.25) is 17.9 Å². The molecule has 29 heavy (non-hydrogen) atoms. The van der Waals surface area contributed by atoms with Gasteiger partial charge in [0, 0.05) is 11.6 Å². The molecule has 0 bridgehead atoms. The molecular weight excluding hydrogens is 379 g/mol. The lowest BCUT2D eigenvalue weighted by molar-refractivity contribution is -0.160. The zero-order valence-corrected chi connectivity index (χ0v) is 15.7. The molecule has 3 aliphatic rings. The number of imide groups is 1. The van der Waals surface area contributed by atoms with Gasteiger partial charge in [-0.25, -0.2) is 4.39 Å². The van der Waals surface area contributed by atoms with Crippen LogP contribution in [0.2, 0.25) is 0 Å². The first kappa shape index (κ1) is 19.3. The number of hydrogen-bond acceptors (Lipinski definition) is 5. The van der Waals surface area contributed by atoms with E-state index in [0.717, 1.165) is 17.7 Å². The summed E-state index contributed by atoms with van der Waals surface area (Å²) in [5, 5.41) is 2.76. The van der Waals surface area contributed by atoms with E-state index in [2.05, 4.69) is 5.32 Å². The topological polar surface area (TPSA) is 92.8 Å². The number of benzene rings is 1. The van der Waals surface area contributed by atoms with Crippen LogP contribution in [0.1, 0.15) is 37.4 Å². The molecule has 4 rings (SSSR count). The van der Waals surface area contributed by atoms with Gasteiger partial charge in [-0.1, -0.05) is 24.3 Å². The fourth-order valence-electron chi connectivity index (χ4n) is 3.74. The highest BCUT2D eigenvalue weighted by Crippen LogP contribution is 2.35. The van der Waals surface area contributed by atoms with Crippen LogP contribution in [-0.2, 0) is 23.9 Å². The largest absolute Gasteiger partial charge is 0.446 e. The summed E-state index contributed by atoms with van der Waals surface area (Å²) in [6.45, 7) is -0.543. The monoisotopic (exact) mass is 400 g/mol. The number of hydrogen-bond donors (Lipinski definition) is 1. The number of ether oxygens (including phenoxy) is 1. The zero-order chi connectivity index (χ0) is 20.5. The number of allylic oxidation sites excluding steroid dienone is 2. The highest BCUT2D eigenvalue weighted by atomic mass is 19.1. The summed E-state index contributed by atoms with van der Waals surface area (Å²) in [6, 6.07) is 5.12. The Hall–Kier alpha value is -3.03. The third-order valence-electron chi connectivity index (χ3n) is 5.47. The predicted molar refractivity (Wildman–Crippen MR) is 98.5 cm³/mol. The second-order valence-corrected chi connectivity index (χ2v) is 7.62. The number of halogens is 1. The molecule has 1 aromatic carbocycles. The first-order valence-corrected chi connectivity index (χ1v) is 9.69. The van der Waals surface area contributed by atoms with Gasteiger partial charge in [0.25, 0.3) is 5.91 Å². The highest BCUT2D eigenvalue weighted by molar-refractivity contribution is 6.07. The molecule has 0 spiro atoms. The lowest BCUT2D eigenvalue weighted by Gasteiger charge is -2.20. The summed E-state index contributed by atoms with van der Waals surface area (Å²) in [5.41, 5.74) is 0.315. The normalized spacial score (nSPS) is 24.2. The van der Waals surface area contributed by atoms with Gasteiger partial charge in [-0.15, -0.1) is 0 Å². The number of nitrogens with one attached hydrogen (secondary N) is 1. The number of fused-ring (bicyclic) bond motifs is 1. The molecule has 0 aromatic heterocycles. The third-order valence-corrected chi connectivity index (χ3v) is 5.47. The Bertz CT molecular complexity index is 852. The fraction of sp³-hybridized carbons (Fsp3) is 0.429. The van der Waals surface area contributed by atoms with Crippen molar-refractivity contribution in [3.05, 3.63) is 47.8 Å². The second kappa shape index (κ2) is 7.77. The summed E-state index contributed by atoms with van der Waals surface area (Å²) in [4.78, 5) is 51.0. The number of nitrogens with zero attached hydrogens (tertiary/aromatic N) is 1. The van der Waals surface area contributed by atoms with Crippen molar-refractivity contribution in [2.45, 2.75) is 37.8 Å². The van der Waals surface area contributed by atoms with E-state index < -0.39 is 42.2 Å². The first-order valence-electron chi connectivity index (χ1n) is 9.69. The number of carbonyl (C=O) groups is 4. The molecule has 2 fully saturated rings. The summed E-state index contributed by atoms with van der Waals surface area (Å²) < 4.78 is 18.6. The molecule has 3 amide bonds. The molecule has 152 valence electrons. The zero-order valence-electron chi connectivity index (χ0n) is 15.7. The fourth-order valence-corrected chi connectivity index (χ4v) is 3.74. The maximum atomic E-state index is 13.2. The van der Waals surface area contributed by atoms with Crippen molar-refractivity contribution in [1.29, 1.82) is 0 Å². The van der Waals surface area contributed by atoms with Crippen LogP contribution in [-0.4, -0.2) is 41.2 Å². The average molecular weight is 400 g/mol. The molecule has 3 unspecified atom stereocenters. The van der Waals surface area contributed by atoms with E-state index in [0.29, 0.717) is 18.4 Å². The number of carbonyl (C=O) groups excluding carboxylic acids is 4. The summed E-state index contributed by atoms with van der Waals surface area (Å²) >= 11 is 0. The molecule has 1 aliphatic heterocycles. The quantitative estimate of drug-likeness (QED) is 0.445. The number of rotatable bonds is 6. The molecule has 7 nitrogen and oxygen atoms in total. The van der Waals surface area contributed by atoms with Crippen molar-refractivity contribution < 1.29 is 28.3 Å². The van der Waals surface area contributed by atoms with E-state index in [9.17, 15) is 23.6 Å². The maximum Gasteiger partial charge on any atom is 0.327 e. The average Bonchev–Trinajstić information content (AvgIpc) is 3.50. The van der Waals surface area contributed by atoms with Crippen LogP contribution in [0.3, 0.4) is 0 Å². The molecule has 1 heterocycles. The number of amides is 3. The minimum atomic E-state index is -1.28. The second-order valence-electron chi connectivity index (χ2n) is 7.62. The van der Waals surface area contributed by atoms with E-state index in [1.807, 2.05) is 12.2 Å². The van der Waals surface area contributed by atoms with Crippen molar-refractivity contribution in [1.82, 2.24) is 10.2 Å². The van der Waals surface area contributed by atoms with Gasteiger partial charge in [-0.3, -0.25) is 24.1 Å². The van der Waals surface area contributed by atoms with E-state index in [-0.39, 0.29) is 17.9 Å². The van der Waals surface area contributed by atoms with E-state index >= 15 is 0 Å². The van der Waals surface area contributed by atoms with Crippen LogP contribution >= 0.6 is 0 Å². The molecule has 8 heteroatoms. The Labute approximate surface area is 166 Å². The molecule has 1 N–H and O–H groups in total. The van der Waals surface area contributed by atoms with Crippen LogP contribution < -0.4 is 5.32 Å². The van der Waals surface area contributed by atoms with Crippen molar-refractivity contribution in [2.75, 3.05) is 6.54 Å². The summed E-state index contributed by atoms with van der Waals surface area (Å²) in [5.74, 6) is -3.50. The van der Waals surface area contributed by atoms with Gasteiger partial charge >= 0.3 is 5.97 Å². The van der Waals surface area contributed by atoms with E-state index in [1.54, 1.807) is 0 Å². The van der Waals surface area contributed by atoms with E-state index in [1.165, 1.54) is 24.3 Å². The SMILES string of the molecule is O=C(CN1C(=O)C2CC=CCC2C1=O)OC(C(=O)NC1CC1)c1ccc(F)cc1. The smallest absolute Gasteiger partial charge is 0.327 e. The maximum absolute atomic E-state index is 13.2. The number of esters is 1. The predicted octanol–water partition coefficient (Wildman–Crippen LogP) is 1.64. The van der Waals surface area contributed by atoms with Gasteiger partial charge < -0.3 is 10.1 Å². The lowest BCUT2D eigenvalue weighted by Crippen LogP contribution is -2.39. The minimum Gasteiger partial charge on any atom is -0.446 e. The lowest BCUT2D eigenvalue weighted by atomic mass is 9.85. The summed E-state index contributed by atoms with van der Waals surface area (Å²) in [6.07, 6.45) is 5.10. The highest BCUT2D eigenvalue weighted by Gasteiger charge is 2.48. The van der Waals surface area contributed by atoms with E-state index in [4.69, 9.17) is 4.74 Å². The van der Waals surface area contributed by atoms with Crippen molar-refractivity contribution in [2.24, 2.45) is 11.8 Å². The Morgan fingerprint density at radius 2 is 1.66 bits per heavy atom. The van der Waals surface area contributed by atoms with Crippen molar-refractivity contribution in [3.63, 3.8) is 0 Å². The molecule has 3 atom stereocenters.